The highest BCUT2D eigenvalue weighted by atomic mass is 32.1. The fourth-order valence-electron chi connectivity index (χ4n) is 6.79. The van der Waals surface area contributed by atoms with Crippen LogP contribution in [0.4, 0.5) is 17.1 Å². The van der Waals surface area contributed by atoms with Gasteiger partial charge in [0.05, 0.1) is 5.69 Å². The third-order valence-corrected chi connectivity index (χ3v) is 10.4. The Kier molecular flexibility index (Phi) is 8.23. The number of aryl methyl sites for hydroxylation is 1. The second-order valence-corrected chi connectivity index (χ2v) is 13.3. The van der Waals surface area contributed by atoms with Crippen LogP contribution in [0.5, 0.6) is 0 Å². The molecule has 0 fully saturated rings. The molecule has 0 N–H and O–H groups in total. The van der Waals surface area contributed by atoms with Crippen molar-refractivity contribution in [2.45, 2.75) is 6.92 Å². The van der Waals surface area contributed by atoms with E-state index >= 15 is 0 Å². The molecule has 0 radical (unpaired) electrons. The fraction of sp³-hybridized carbons (Fsp3) is 0.0213. The van der Waals surface area contributed by atoms with Crippen LogP contribution in [0.3, 0.4) is 0 Å². The van der Waals surface area contributed by atoms with Crippen molar-refractivity contribution in [2.75, 3.05) is 4.90 Å². The molecule has 0 saturated heterocycles. The van der Waals surface area contributed by atoms with E-state index in [9.17, 15) is 0 Å². The first-order valence-corrected chi connectivity index (χ1v) is 17.4. The summed E-state index contributed by atoms with van der Waals surface area (Å²) in [6, 6.07) is 61.3. The molecule has 0 aliphatic heterocycles. The van der Waals surface area contributed by atoms with Gasteiger partial charge in [0.15, 0.2) is 0 Å². The lowest BCUT2D eigenvalue weighted by molar-refractivity contribution is 1.28. The summed E-state index contributed by atoms with van der Waals surface area (Å²) in [5.74, 6) is 0. The molecule has 0 bridgehead atoms. The molecule has 7 aromatic carbocycles. The zero-order valence-electron chi connectivity index (χ0n) is 27.4. The van der Waals surface area contributed by atoms with E-state index in [1.165, 1.54) is 64.7 Å². The van der Waals surface area contributed by atoms with Crippen LogP contribution in [0.25, 0.3) is 48.0 Å². The predicted octanol–water partition coefficient (Wildman–Crippen LogP) is 13.8. The third kappa shape index (κ3) is 5.88. The number of hydrogen-bond acceptors (Lipinski definition) is 2. The number of allylic oxidation sites excluding steroid dienone is 2. The molecule has 8 aromatic rings. The Morgan fingerprint density at radius 2 is 1.16 bits per heavy atom. The second kappa shape index (κ2) is 13.3. The summed E-state index contributed by atoms with van der Waals surface area (Å²) in [6.07, 6.45) is 3.97. The highest BCUT2D eigenvalue weighted by molar-refractivity contribution is 7.25. The fourth-order valence-corrected chi connectivity index (χ4v) is 7.88. The molecule has 0 unspecified atom stereocenters. The molecular formula is C47H35NS. The van der Waals surface area contributed by atoms with E-state index in [-0.39, 0.29) is 0 Å². The molecule has 1 heterocycles. The van der Waals surface area contributed by atoms with Crippen LogP contribution in [0.2, 0.25) is 0 Å². The molecule has 0 atom stereocenters. The number of anilines is 3. The number of thiophene rings is 1. The van der Waals surface area contributed by atoms with Gasteiger partial charge in [-0.25, -0.2) is 0 Å². The molecule has 0 spiro atoms. The van der Waals surface area contributed by atoms with Gasteiger partial charge in [0.1, 0.15) is 0 Å². The SMILES string of the molecule is C=C/C=C(/c1ccc(-c2ccc(N(c3ccccc3)c3ccccc3-c3ccc4sc5ccccc5c4c3)cc2)cc1)c1ccccc1C. The first-order chi connectivity index (χ1) is 24.2. The lowest BCUT2D eigenvalue weighted by Crippen LogP contribution is -2.11. The van der Waals surface area contributed by atoms with Gasteiger partial charge >= 0.3 is 0 Å². The van der Waals surface area contributed by atoms with E-state index in [1.54, 1.807) is 0 Å². The van der Waals surface area contributed by atoms with Crippen molar-refractivity contribution >= 4 is 54.1 Å². The van der Waals surface area contributed by atoms with Crippen molar-refractivity contribution in [3.05, 3.63) is 205 Å². The van der Waals surface area contributed by atoms with Crippen LogP contribution >= 0.6 is 11.3 Å². The number of nitrogens with zero attached hydrogens (tertiary/aromatic N) is 1. The quantitative estimate of drug-likeness (QED) is 0.149. The van der Waals surface area contributed by atoms with Crippen molar-refractivity contribution in [1.29, 1.82) is 0 Å². The molecule has 0 amide bonds. The van der Waals surface area contributed by atoms with Crippen LogP contribution in [-0.2, 0) is 0 Å². The predicted molar refractivity (Wildman–Crippen MR) is 213 cm³/mol. The molecule has 8 rings (SSSR count). The van der Waals surface area contributed by atoms with Crippen LogP contribution in [0.15, 0.2) is 189 Å². The second-order valence-electron chi connectivity index (χ2n) is 12.3. The number of benzene rings is 7. The normalized spacial score (nSPS) is 11.6. The molecule has 0 aliphatic carbocycles. The third-order valence-electron chi connectivity index (χ3n) is 9.22. The van der Waals surface area contributed by atoms with Crippen LogP contribution in [-0.4, -0.2) is 0 Å². The van der Waals surface area contributed by atoms with Gasteiger partial charge in [-0.05, 0) is 94.4 Å². The van der Waals surface area contributed by atoms with Gasteiger partial charge in [-0.1, -0.05) is 140 Å². The summed E-state index contributed by atoms with van der Waals surface area (Å²) in [6.45, 7) is 6.13. The molecule has 234 valence electrons. The Morgan fingerprint density at radius 1 is 0.551 bits per heavy atom. The Hall–Kier alpha value is -5.96. The first kappa shape index (κ1) is 30.4. The monoisotopic (exact) mass is 645 g/mol. The Morgan fingerprint density at radius 3 is 1.94 bits per heavy atom. The van der Waals surface area contributed by atoms with Crippen molar-refractivity contribution in [1.82, 2.24) is 0 Å². The minimum absolute atomic E-state index is 1.11. The molecule has 1 nitrogen and oxygen atoms in total. The van der Waals surface area contributed by atoms with Gasteiger partial charge in [-0.15, -0.1) is 11.3 Å². The molecule has 0 aliphatic rings. The topological polar surface area (TPSA) is 3.24 Å². The smallest absolute Gasteiger partial charge is 0.0540 e. The van der Waals surface area contributed by atoms with Crippen molar-refractivity contribution < 1.29 is 0 Å². The summed E-state index contributed by atoms with van der Waals surface area (Å²) >= 11 is 1.86. The molecule has 1 aromatic heterocycles. The standard InChI is InChI=1S/C47H35NS/c1-3-13-41(40-17-8-7-14-33(40)2)36-24-22-34(23-25-36)35-26-29-39(30-27-35)48(38-15-5-4-6-16-38)45-20-11-9-18-42(45)37-28-31-47-44(32-37)43-19-10-12-21-46(43)49-47/h3-32H,1H2,2H3/b41-13-. The molecule has 49 heavy (non-hydrogen) atoms. The van der Waals surface area contributed by atoms with E-state index in [2.05, 4.69) is 194 Å². The highest BCUT2D eigenvalue weighted by Crippen LogP contribution is 2.43. The van der Waals surface area contributed by atoms with Gasteiger partial charge in [-0.3, -0.25) is 0 Å². The Labute approximate surface area is 292 Å². The van der Waals surface area contributed by atoms with Gasteiger partial charge in [-0.2, -0.15) is 0 Å². The Bertz CT molecular complexity index is 2450. The average molecular weight is 646 g/mol. The van der Waals surface area contributed by atoms with Crippen molar-refractivity contribution in [2.24, 2.45) is 0 Å². The minimum atomic E-state index is 1.11. The lowest BCUT2D eigenvalue weighted by atomic mass is 9.92. The zero-order valence-corrected chi connectivity index (χ0v) is 28.2. The zero-order chi connectivity index (χ0) is 33.2. The van der Waals surface area contributed by atoms with E-state index in [4.69, 9.17) is 0 Å². The molecule has 2 heteroatoms. The minimum Gasteiger partial charge on any atom is -0.310 e. The summed E-state index contributed by atoms with van der Waals surface area (Å²) in [5, 5.41) is 2.62. The number of hydrogen-bond donors (Lipinski definition) is 0. The maximum absolute atomic E-state index is 3.98. The van der Waals surface area contributed by atoms with Gasteiger partial charge in [0, 0.05) is 37.1 Å². The van der Waals surface area contributed by atoms with Crippen LogP contribution in [0, 0.1) is 6.92 Å². The molecule has 0 saturated carbocycles. The number of fused-ring (bicyclic) bond motifs is 3. The molecular weight excluding hydrogens is 611 g/mol. The van der Waals surface area contributed by atoms with Crippen molar-refractivity contribution in [3.8, 4) is 22.3 Å². The van der Waals surface area contributed by atoms with Crippen LogP contribution < -0.4 is 4.90 Å². The maximum atomic E-state index is 3.98. The van der Waals surface area contributed by atoms with E-state index in [0.29, 0.717) is 0 Å². The van der Waals surface area contributed by atoms with E-state index in [0.717, 1.165) is 17.1 Å². The highest BCUT2D eigenvalue weighted by Gasteiger charge is 2.18. The first-order valence-electron chi connectivity index (χ1n) is 16.6. The van der Waals surface area contributed by atoms with Gasteiger partial charge in [0.2, 0.25) is 0 Å². The van der Waals surface area contributed by atoms with E-state index in [1.807, 2.05) is 17.4 Å². The van der Waals surface area contributed by atoms with Gasteiger partial charge in [0.25, 0.3) is 0 Å². The summed E-state index contributed by atoms with van der Waals surface area (Å²) < 4.78 is 2.64. The van der Waals surface area contributed by atoms with Gasteiger partial charge < -0.3 is 4.90 Å². The summed E-state index contributed by atoms with van der Waals surface area (Å²) in [4.78, 5) is 2.37. The number of rotatable bonds is 8. The maximum Gasteiger partial charge on any atom is 0.0540 e. The van der Waals surface area contributed by atoms with E-state index < -0.39 is 0 Å². The lowest BCUT2D eigenvalue weighted by Gasteiger charge is -2.28. The Balaban J connectivity index is 1.16. The summed E-state index contributed by atoms with van der Waals surface area (Å²) in [5.41, 5.74) is 13.0. The van der Waals surface area contributed by atoms with Crippen molar-refractivity contribution in [3.63, 3.8) is 0 Å². The summed E-state index contributed by atoms with van der Waals surface area (Å²) in [7, 11) is 0. The average Bonchev–Trinajstić information content (AvgIpc) is 3.54. The van der Waals surface area contributed by atoms with Crippen LogP contribution in [0.1, 0.15) is 16.7 Å². The largest absolute Gasteiger partial charge is 0.310 e. The number of para-hydroxylation sites is 2.